The van der Waals surface area contributed by atoms with Crippen LogP contribution < -0.4 is 0 Å². The maximum Gasteiger partial charge on any atom is 0.191 e. The van der Waals surface area contributed by atoms with Crippen LogP contribution in [0.15, 0.2) is 0 Å². The summed E-state index contributed by atoms with van der Waals surface area (Å²) >= 11 is 3.43. The van der Waals surface area contributed by atoms with Gasteiger partial charge in [-0.1, -0.05) is 55.9 Å². The Morgan fingerprint density at radius 2 is 1.60 bits per heavy atom. The molecule has 0 amide bonds. The van der Waals surface area contributed by atoms with Gasteiger partial charge >= 0.3 is 0 Å². The zero-order valence-corrected chi connectivity index (χ0v) is 12.4. The quantitative estimate of drug-likeness (QED) is 0.610. The first-order valence-electron chi connectivity index (χ1n) is 6.08. The number of hydrogen-bond acceptors (Lipinski definition) is 3. The van der Waals surface area contributed by atoms with Gasteiger partial charge in [0.1, 0.15) is 0 Å². The van der Waals surface area contributed by atoms with Crippen molar-refractivity contribution in [1.29, 1.82) is 0 Å². The highest BCUT2D eigenvalue weighted by Gasteiger charge is 2.27. The van der Waals surface area contributed by atoms with Gasteiger partial charge in [0, 0.05) is 6.16 Å². The number of hydrogen-bond donors (Lipinski definition) is 0. The maximum atomic E-state index is 12.6. The molecule has 0 unspecified atom stereocenters. The molecular weight excluding hydrogens is 243 g/mol. The minimum absolute atomic E-state index is 0.752. The van der Waals surface area contributed by atoms with Gasteiger partial charge < -0.3 is 4.57 Å². The van der Waals surface area contributed by atoms with Crippen LogP contribution in [0.4, 0.5) is 0 Å². The second-order valence-electron chi connectivity index (χ2n) is 4.13. The van der Waals surface area contributed by atoms with E-state index in [1.54, 1.807) is 22.8 Å². The van der Waals surface area contributed by atoms with Crippen LogP contribution >= 0.6 is 28.3 Å². The topological polar surface area (TPSA) is 17.1 Å². The second kappa shape index (κ2) is 7.29. The van der Waals surface area contributed by atoms with Gasteiger partial charge in [-0.25, -0.2) is 0 Å². The standard InChI is InChI=1S/C11H23OPS2/c1-3-14-13(12,15-4-2)10-11-8-6-5-7-9-11/h11H,3-10H2,1-2H3. The highest BCUT2D eigenvalue weighted by Crippen LogP contribution is 2.70. The van der Waals surface area contributed by atoms with Crippen molar-refractivity contribution in [2.24, 2.45) is 5.92 Å². The third kappa shape index (κ3) is 5.19. The molecule has 0 bridgehead atoms. The average Bonchev–Trinajstić information content (AvgIpc) is 2.19. The number of rotatable bonds is 6. The van der Waals surface area contributed by atoms with E-state index in [1.165, 1.54) is 32.1 Å². The summed E-state index contributed by atoms with van der Waals surface area (Å²) in [6, 6.07) is 0. The van der Waals surface area contributed by atoms with Gasteiger partial charge in [-0.05, 0) is 30.3 Å². The molecule has 0 heterocycles. The molecule has 0 aromatic heterocycles. The molecule has 1 saturated carbocycles. The highest BCUT2D eigenvalue weighted by atomic mass is 33.1. The fourth-order valence-corrected chi connectivity index (χ4v) is 11.3. The van der Waals surface area contributed by atoms with E-state index in [2.05, 4.69) is 13.8 Å². The summed E-state index contributed by atoms with van der Waals surface area (Å²) in [7, 11) is 0. The summed E-state index contributed by atoms with van der Waals surface area (Å²) < 4.78 is 12.6. The van der Waals surface area contributed by atoms with Crippen molar-refractivity contribution in [2.75, 3.05) is 17.7 Å². The van der Waals surface area contributed by atoms with Crippen LogP contribution in [-0.2, 0) is 4.57 Å². The third-order valence-corrected chi connectivity index (χ3v) is 11.8. The molecule has 90 valence electrons. The zero-order valence-electron chi connectivity index (χ0n) is 9.91. The van der Waals surface area contributed by atoms with Crippen LogP contribution in [0.5, 0.6) is 0 Å². The Kier molecular flexibility index (Phi) is 6.80. The van der Waals surface area contributed by atoms with E-state index in [0.717, 1.165) is 23.6 Å². The molecule has 1 aliphatic rings. The van der Waals surface area contributed by atoms with Crippen molar-refractivity contribution in [2.45, 2.75) is 46.0 Å². The van der Waals surface area contributed by atoms with Crippen molar-refractivity contribution in [1.82, 2.24) is 0 Å². The predicted octanol–water partition coefficient (Wildman–Crippen LogP) is 5.27. The largest absolute Gasteiger partial charge is 0.300 e. The van der Waals surface area contributed by atoms with Crippen LogP contribution in [0.25, 0.3) is 0 Å². The Labute approximate surface area is 102 Å². The summed E-state index contributed by atoms with van der Waals surface area (Å²) in [4.78, 5) is 0. The van der Waals surface area contributed by atoms with Gasteiger partial charge in [0.15, 0.2) is 5.55 Å². The Balaban J connectivity index is 2.45. The van der Waals surface area contributed by atoms with E-state index in [-0.39, 0.29) is 0 Å². The molecule has 1 nitrogen and oxygen atoms in total. The maximum absolute atomic E-state index is 12.6. The average molecular weight is 266 g/mol. The molecule has 1 aliphatic carbocycles. The molecule has 0 aliphatic heterocycles. The lowest BCUT2D eigenvalue weighted by molar-refractivity contribution is 0.387. The zero-order chi connectivity index (χ0) is 11.1. The molecule has 0 aromatic rings. The summed E-state index contributed by atoms with van der Waals surface area (Å²) in [5.41, 5.74) is -1.95. The van der Waals surface area contributed by atoms with Crippen molar-refractivity contribution in [3.63, 3.8) is 0 Å². The van der Waals surface area contributed by atoms with Crippen molar-refractivity contribution in [3.8, 4) is 0 Å². The fourth-order valence-electron chi connectivity index (χ4n) is 2.22. The molecule has 0 radical (unpaired) electrons. The van der Waals surface area contributed by atoms with Gasteiger partial charge in [-0.15, -0.1) is 0 Å². The molecule has 1 rings (SSSR count). The lowest BCUT2D eigenvalue weighted by Crippen LogP contribution is -2.09. The Bertz CT molecular complexity index is 205. The van der Waals surface area contributed by atoms with Crippen LogP contribution in [0.1, 0.15) is 46.0 Å². The van der Waals surface area contributed by atoms with Gasteiger partial charge in [0.2, 0.25) is 0 Å². The van der Waals surface area contributed by atoms with Crippen LogP contribution in [0.2, 0.25) is 0 Å². The van der Waals surface area contributed by atoms with Gasteiger partial charge in [0.25, 0.3) is 0 Å². The Morgan fingerprint density at radius 3 is 2.07 bits per heavy atom. The minimum atomic E-state index is -1.95. The first kappa shape index (κ1) is 14.0. The van der Waals surface area contributed by atoms with Gasteiger partial charge in [-0.2, -0.15) is 0 Å². The molecule has 0 aromatic carbocycles. The predicted molar refractivity (Wildman–Crippen MR) is 75.3 cm³/mol. The van der Waals surface area contributed by atoms with Crippen LogP contribution in [0.3, 0.4) is 0 Å². The highest BCUT2D eigenvalue weighted by molar-refractivity contribution is 8.90. The molecule has 4 heteroatoms. The molecule has 15 heavy (non-hydrogen) atoms. The summed E-state index contributed by atoms with van der Waals surface area (Å²) in [5.74, 6) is 2.75. The summed E-state index contributed by atoms with van der Waals surface area (Å²) in [5, 5.41) is 0. The SMILES string of the molecule is CCSP(=O)(CC1CCCCC1)SCC. The second-order valence-corrected chi connectivity index (χ2v) is 13.2. The lowest BCUT2D eigenvalue weighted by atomic mass is 9.91. The lowest BCUT2D eigenvalue weighted by Gasteiger charge is -2.25. The molecule has 0 atom stereocenters. The van der Waals surface area contributed by atoms with E-state index in [1.807, 2.05) is 0 Å². The first-order valence-corrected chi connectivity index (χ1v) is 11.2. The summed E-state index contributed by atoms with van der Waals surface area (Å²) in [6.45, 7) is 4.24. The molecule has 0 N–H and O–H groups in total. The van der Waals surface area contributed by atoms with Gasteiger partial charge in [0.05, 0.1) is 0 Å². The van der Waals surface area contributed by atoms with E-state index in [9.17, 15) is 4.57 Å². The van der Waals surface area contributed by atoms with E-state index in [4.69, 9.17) is 0 Å². The van der Waals surface area contributed by atoms with Crippen molar-refractivity contribution < 1.29 is 4.57 Å². The Morgan fingerprint density at radius 1 is 1.07 bits per heavy atom. The van der Waals surface area contributed by atoms with E-state index in [0.29, 0.717) is 0 Å². The Hall–Kier alpha value is 0.930. The monoisotopic (exact) mass is 266 g/mol. The first-order chi connectivity index (χ1) is 7.20. The van der Waals surface area contributed by atoms with E-state index < -0.39 is 5.55 Å². The van der Waals surface area contributed by atoms with Crippen molar-refractivity contribution in [3.05, 3.63) is 0 Å². The molecule has 1 fully saturated rings. The molecule has 0 spiro atoms. The normalized spacial score (nSPS) is 19.3. The van der Waals surface area contributed by atoms with Gasteiger partial charge in [-0.3, -0.25) is 0 Å². The van der Waals surface area contributed by atoms with Crippen molar-refractivity contribution >= 4 is 28.3 Å². The fraction of sp³-hybridized carbons (Fsp3) is 1.00. The van der Waals surface area contributed by atoms with Crippen LogP contribution in [-0.4, -0.2) is 17.7 Å². The smallest absolute Gasteiger partial charge is 0.191 e. The third-order valence-electron chi connectivity index (χ3n) is 2.86. The van der Waals surface area contributed by atoms with Crippen LogP contribution in [0, 0.1) is 5.92 Å². The minimum Gasteiger partial charge on any atom is -0.300 e. The molecular formula is C11H23OPS2. The molecule has 0 saturated heterocycles. The summed E-state index contributed by atoms with van der Waals surface area (Å²) in [6.07, 6.45) is 7.74. The van der Waals surface area contributed by atoms with E-state index >= 15 is 0 Å².